The molecule has 108 valence electrons. The lowest BCUT2D eigenvalue weighted by Crippen LogP contribution is -2.50. The predicted molar refractivity (Wildman–Crippen MR) is 69.7 cm³/mol. The van der Waals surface area contributed by atoms with Crippen molar-refractivity contribution in [2.75, 3.05) is 0 Å². The highest BCUT2D eigenvalue weighted by molar-refractivity contribution is 5.77. The lowest BCUT2D eigenvalue weighted by molar-refractivity contribution is -0.144. The van der Waals surface area contributed by atoms with Crippen LogP contribution in [0.1, 0.15) is 25.1 Å². The first-order valence-electron chi connectivity index (χ1n) is 6.90. The van der Waals surface area contributed by atoms with Crippen molar-refractivity contribution in [2.45, 2.75) is 31.8 Å². The highest BCUT2D eigenvalue weighted by Crippen LogP contribution is 2.48. The summed E-state index contributed by atoms with van der Waals surface area (Å²) in [7, 11) is 0. The second-order valence-electron chi connectivity index (χ2n) is 5.59. The van der Waals surface area contributed by atoms with E-state index in [1.807, 2.05) is 0 Å². The number of rotatable bonds is 4. The zero-order valence-corrected chi connectivity index (χ0v) is 11.0. The molecule has 4 unspecified atom stereocenters. The molecule has 20 heavy (non-hydrogen) atoms. The van der Waals surface area contributed by atoms with E-state index in [9.17, 15) is 14.7 Å². The summed E-state index contributed by atoms with van der Waals surface area (Å²) in [5.41, 5.74) is 0. The first-order chi connectivity index (χ1) is 9.65. The van der Waals surface area contributed by atoms with Crippen molar-refractivity contribution in [3.63, 3.8) is 0 Å². The number of aromatic nitrogens is 2. The Balaban J connectivity index is 1.56. The minimum Gasteiger partial charge on any atom is -0.481 e. The van der Waals surface area contributed by atoms with Crippen LogP contribution in [0, 0.1) is 17.8 Å². The molecule has 7 heteroatoms. The maximum atomic E-state index is 11.9. The first-order valence-corrected chi connectivity index (χ1v) is 6.90. The fourth-order valence-electron chi connectivity index (χ4n) is 3.62. The van der Waals surface area contributed by atoms with Crippen molar-refractivity contribution in [3.05, 3.63) is 18.2 Å². The van der Waals surface area contributed by atoms with Crippen LogP contribution in [0.4, 0.5) is 4.79 Å². The second kappa shape index (κ2) is 5.15. The smallest absolute Gasteiger partial charge is 0.315 e. The van der Waals surface area contributed by atoms with Gasteiger partial charge in [0.25, 0.3) is 0 Å². The molecule has 2 aliphatic rings. The Kier molecular flexibility index (Phi) is 3.33. The number of aromatic amines is 1. The van der Waals surface area contributed by atoms with E-state index in [2.05, 4.69) is 20.6 Å². The SMILES string of the molecule is O=C(NCc1ncc[nH]1)NC1C2CCC(C2)C1C(=O)O. The maximum Gasteiger partial charge on any atom is 0.315 e. The van der Waals surface area contributed by atoms with Gasteiger partial charge in [-0.15, -0.1) is 0 Å². The number of imidazole rings is 1. The zero-order valence-electron chi connectivity index (χ0n) is 11.0. The summed E-state index contributed by atoms with van der Waals surface area (Å²) in [5, 5.41) is 14.8. The lowest BCUT2D eigenvalue weighted by atomic mass is 9.84. The number of carboxylic acids is 1. The molecule has 1 heterocycles. The number of nitrogens with one attached hydrogen (secondary N) is 3. The molecule has 2 bridgehead atoms. The van der Waals surface area contributed by atoms with E-state index in [-0.39, 0.29) is 18.0 Å². The summed E-state index contributed by atoms with van der Waals surface area (Å²) in [6.45, 7) is 0.303. The normalized spacial score (nSPS) is 31.2. The number of carboxylic acid groups (broad SMARTS) is 1. The van der Waals surface area contributed by atoms with Crippen molar-refractivity contribution < 1.29 is 14.7 Å². The van der Waals surface area contributed by atoms with E-state index in [0.29, 0.717) is 18.3 Å². The number of amides is 2. The largest absolute Gasteiger partial charge is 0.481 e. The Morgan fingerprint density at radius 2 is 2.20 bits per heavy atom. The number of hydrogen-bond acceptors (Lipinski definition) is 3. The van der Waals surface area contributed by atoms with Crippen LogP contribution < -0.4 is 10.6 Å². The minimum atomic E-state index is -0.798. The van der Waals surface area contributed by atoms with E-state index in [1.165, 1.54) is 0 Å². The molecule has 4 N–H and O–H groups in total. The highest BCUT2D eigenvalue weighted by Gasteiger charge is 2.51. The Hall–Kier alpha value is -2.05. The van der Waals surface area contributed by atoms with E-state index >= 15 is 0 Å². The zero-order chi connectivity index (χ0) is 14.1. The molecule has 2 saturated carbocycles. The molecule has 0 aromatic carbocycles. The Labute approximate surface area is 116 Å². The monoisotopic (exact) mass is 278 g/mol. The molecular weight excluding hydrogens is 260 g/mol. The van der Waals surface area contributed by atoms with Crippen LogP contribution in [0.15, 0.2) is 12.4 Å². The molecule has 0 aliphatic heterocycles. The van der Waals surface area contributed by atoms with Gasteiger partial charge in [0.1, 0.15) is 5.82 Å². The van der Waals surface area contributed by atoms with E-state index in [0.717, 1.165) is 19.3 Å². The van der Waals surface area contributed by atoms with Crippen molar-refractivity contribution in [1.82, 2.24) is 20.6 Å². The quantitative estimate of drug-likeness (QED) is 0.650. The fourth-order valence-corrected chi connectivity index (χ4v) is 3.62. The van der Waals surface area contributed by atoms with Gasteiger partial charge in [-0.25, -0.2) is 9.78 Å². The number of carbonyl (C=O) groups excluding carboxylic acids is 1. The number of aliphatic carboxylic acids is 1. The van der Waals surface area contributed by atoms with Crippen LogP contribution in [0.25, 0.3) is 0 Å². The molecule has 0 saturated heterocycles. The number of nitrogens with zero attached hydrogens (tertiary/aromatic N) is 1. The second-order valence-corrected chi connectivity index (χ2v) is 5.59. The van der Waals surface area contributed by atoms with Gasteiger partial charge in [-0.05, 0) is 31.1 Å². The van der Waals surface area contributed by atoms with Crippen LogP contribution >= 0.6 is 0 Å². The van der Waals surface area contributed by atoms with Gasteiger partial charge in [0.15, 0.2) is 0 Å². The molecule has 2 amide bonds. The average molecular weight is 278 g/mol. The number of hydrogen-bond donors (Lipinski definition) is 4. The average Bonchev–Trinajstić information content (AvgIpc) is 3.12. The highest BCUT2D eigenvalue weighted by atomic mass is 16.4. The van der Waals surface area contributed by atoms with Gasteiger partial charge < -0.3 is 20.7 Å². The molecule has 3 rings (SSSR count). The Morgan fingerprint density at radius 1 is 1.40 bits per heavy atom. The molecule has 1 aromatic heterocycles. The maximum absolute atomic E-state index is 11.9. The van der Waals surface area contributed by atoms with Gasteiger partial charge in [0.05, 0.1) is 12.5 Å². The van der Waals surface area contributed by atoms with Crippen LogP contribution in [-0.4, -0.2) is 33.1 Å². The van der Waals surface area contributed by atoms with Gasteiger partial charge in [0.2, 0.25) is 0 Å². The standard InChI is InChI=1S/C13H18N4O3/c18-12(19)10-7-1-2-8(5-7)11(10)17-13(20)16-6-9-14-3-4-15-9/h3-4,7-8,10-11H,1-2,5-6H2,(H,14,15)(H,18,19)(H2,16,17,20). The predicted octanol–water partition coefficient (Wildman–Crippen LogP) is 0.708. The summed E-state index contributed by atoms with van der Waals surface area (Å²) < 4.78 is 0. The van der Waals surface area contributed by atoms with E-state index < -0.39 is 11.9 Å². The lowest BCUT2D eigenvalue weighted by Gasteiger charge is -2.28. The third-order valence-electron chi connectivity index (χ3n) is 4.47. The third kappa shape index (κ3) is 2.35. The van der Waals surface area contributed by atoms with Gasteiger partial charge in [-0.1, -0.05) is 0 Å². The summed E-state index contributed by atoms with van der Waals surface area (Å²) in [5.74, 6) is -0.0529. The van der Waals surface area contributed by atoms with Crippen molar-refractivity contribution >= 4 is 12.0 Å². The number of H-pyrrole nitrogens is 1. The number of fused-ring (bicyclic) bond motifs is 2. The molecular formula is C13H18N4O3. The van der Waals surface area contributed by atoms with Gasteiger partial charge in [-0.3, -0.25) is 4.79 Å². The van der Waals surface area contributed by atoms with Crippen LogP contribution in [-0.2, 0) is 11.3 Å². The molecule has 7 nitrogen and oxygen atoms in total. The van der Waals surface area contributed by atoms with Gasteiger partial charge in [-0.2, -0.15) is 0 Å². The fraction of sp³-hybridized carbons (Fsp3) is 0.615. The van der Waals surface area contributed by atoms with Crippen LogP contribution in [0.2, 0.25) is 0 Å². The van der Waals surface area contributed by atoms with Crippen molar-refractivity contribution in [3.8, 4) is 0 Å². The molecule has 4 atom stereocenters. The Bertz CT molecular complexity index is 502. The topological polar surface area (TPSA) is 107 Å². The summed E-state index contributed by atoms with van der Waals surface area (Å²) >= 11 is 0. The molecule has 2 fully saturated rings. The molecule has 0 spiro atoms. The molecule has 2 aliphatic carbocycles. The number of carbonyl (C=O) groups is 2. The summed E-state index contributed by atoms with van der Waals surface area (Å²) in [4.78, 5) is 30.1. The minimum absolute atomic E-state index is 0.216. The molecule has 0 radical (unpaired) electrons. The van der Waals surface area contributed by atoms with Gasteiger partial charge >= 0.3 is 12.0 Å². The number of urea groups is 1. The third-order valence-corrected chi connectivity index (χ3v) is 4.47. The van der Waals surface area contributed by atoms with Crippen molar-refractivity contribution in [2.24, 2.45) is 17.8 Å². The summed E-state index contributed by atoms with van der Waals surface area (Å²) in [6.07, 6.45) is 6.20. The van der Waals surface area contributed by atoms with Crippen LogP contribution in [0.3, 0.4) is 0 Å². The Morgan fingerprint density at radius 3 is 2.90 bits per heavy atom. The van der Waals surface area contributed by atoms with E-state index in [1.54, 1.807) is 12.4 Å². The van der Waals surface area contributed by atoms with Crippen molar-refractivity contribution in [1.29, 1.82) is 0 Å². The first kappa shape index (κ1) is 13.0. The van der Waals surface area contributed by atoms with Gasteiger partial charge in [0, 0.05) is 18.4 Å². The summed E-state index contributed by atoms with van der Waals surface area (Å²) in [6, 6.07) is -0.576. The van der Waals surface area contributed by atoms with E-state index in [4.69, 9.17) is 0 Å². The van der Waals surface area contributed by atoms with Crippen LogP contribution in [0.5, 0.6) is 0 Å². The molecule has 1 aromatic rings.